The maximum atomic E-state index is 12.4. The van der Waals surface area contributed by atoms with Gasteiger partial charge in [0.25, 0.3) is 0 Å². The molecule has 0 bridgehead atoms. The lowest BCUT2D eigenvalue weighted by Gasteiger charge is -2.28. The molecule has 2 amide bonds. The number of carbonyl (C=O) groups excluding carboxylic acids is 1. The van der Waals surface area contributed by atoms with Crippen molar-refractivity contribution in [2.75, 3.05) is 33.3 Å². The number of rotatable bonds is 9. The minimum atomic E-state index is -0.129. The fourth-order valence-electron chi connectivity index (χ4n) is 4.15. The predicted octanol–water partition coefficient (Wildman–Crippen LogP) is 3.56. The van der Waals surface area contributed by atoms with Crippen molar-refractivity contribution in [3.63, 3.8) is 0 Å². The molecule has 1 unspecified atom stereocenters. The number of benzene rings is 2. The summed E-state index contributed by atoms with van der Waals surface area (Å²) < 4.78 is 7.11. The molecule has 32 heavy (non-hydrogen) atoms. The molecule has 4 rings (SSSR count). The van der Waals surface area contributed by atoms with Gasteiger partial charge in [0.15, 0.2) is 0 Å². The predicted molar refractivity (Wildman–Crippen MR) is 125 cm³/mol. The molecule has 2 heterocycles. The van der Waals surface area contributed by atoms with Crippen LogP contribution in [0.4, 0.5) is 4.79 Å². The second-order valence-electron chi connectivity index (χ2n) is 8.04. The van der Waals surface area contributed by atoms with Crippen molar-refractivity contribution in [1.82, 2.24) is 25.3 Å². The topological polar surface area (TPSA) is 71.4 Å². The molecule has 7 heteroatoms. The molecule has 7 nitrogen and oxygen atoms in total. The van der Waals surface area contributed by atoms with Crippen molar-refractivity contribution in [3.05, 3.63) is 78.1 Å². The first kappa shape index (κ1) is 21.9. The van der Waals surface area contributed by atoms with E-state index in [-0.39, 0.29) is 12.1 Å². The first-order valence-corrected chi connectivity index (χ1v) is 11.2. The summed E-state index contributed by atoms with van der Waals surface area (Å²) in [5.74, 6) is 0.845. The number of hydrogen-bond acceptors (Lipinski definition) is 4. The Bertz CT molecular complexity index is 965. The van der Waals surface area contributed by atoms with Gasteiger partial charge in [-0.15, -0.1) is 0 Å². The summed E-state index contributed by atoms with van der Waals surface area (Å²) in [4.78, 5) is 14.9. The number of methoxy groups -OCH3 is 1. The Morgan fingerprint density at radius 1 is 1.06 bits per heavy atom. The smallest absolute Gasteiger partial charge is 0.314 e. The monoisotopic (exact) mass is 433 g/mol. The van der Waals surface area contributed by atoms with Crippen molar-refractivity contribution < 1.29 is 9.53 Å². The van der Waals surface area contributed by atoms with E-state index in [0.717, 1.165) is 30.9 Å². The number of nitrogens with one attached hydrogen (secondary N) is 2. The molecule has 1 aliphatic heterocycles. The van der Waals surface area contributed by atoms with Crippen LogP contribution in [-0.2, 0) is 6.42 Å². The number of amides is 2. The number of ether oxygens (including phenoxy) is 1. The van der Waals surface area contributed by atoms with Gasteiger partial charge in [0.1, 0.15) is 5.75 Å². The summed E-state index contributed by atoms with van der Waals surface area (Å²) in [6.07, 6.45) is 6.87. The standard InChI is InChI=1S/C25H31N5O2/c1-32-23-11-7-21(8-12-23)24(29-16-2-3-17-29)19-27-25(31)26-15-13-20-5-9-22(10-6-20)30-18-4-14-28-30/h4-12,14,18,24H,2-3,13,15-17,19H2,1H3,(H2,26,27,31). The minimum absolute atomic E-state index is 0.129. The second-order valence-corrected chi connectivity index (χ2v) is 8.04. The highest BCUT2D eigenvalue weighted by molar-refractivity contribution is 5.73. The summed E-state index contributed by atoms with van der Waals surface area (Å²) in [5, 5.41) is 10.3. The summed E-state index contributed by atoms with van der Waals surface area (Å²) >= 11 is 0. The molecule has 1 saturated heterocycles. The van der Waals surface area contributed by atoms with Crippen LogP contribution in [0.2, 0.25) is 0 Å². The van der Waals surface area contributed by atoms with E-state index in [1.807, 2.05) is 41.2 Å². The molecule has 1 fully saturated rings. The van der Waals surface area contributed by atoms with Gasteiger partial charge in [-0.3, -0.25) is 4.90 Å². The zero-order valence-electron chi connectivity index (χ0n) is 18.5. The Labute approximate surface area is 189 Å². The van der Waals surface area contributed by atoms with Crippen molar-refractivity contribution in [1.29, 1.82) is 0 Å². The van der Waals surface area contributed by atoms with Gasteiger partial charge in [-0.25, -0.2) is 9.48 Å². The van der Waals surface area contributed by atoms with Crippen LogP contribution in [0.3, 0.4) is 0 Å². The lowest BCUT2D eigenvalue weighted by molar-refractivity contribution is 0.221. The Kier molecular flexibility index (Phi) is 7.40. The number of aromatic nitrogens is 2. The number of hydrogen-bond donors (Lipinski definition) is 2. The van der Waals surface area contributed by atoms with E-state index in [0.29, 0.717) is 13.1 Å². The third-order valence-electron chi connectivity index (χ3n) is 5.94. The van der Waals surface area contributed by atoms with Crippen LogP contribution in [0.5, 0.6) is 5.75 Å². The first-order chi connectivity index (χ1) is 15.7. The highest BCUT2D eigenvalue weighted by Gasteiger charge is 2.24. The summed E-state index contributed by atoms with van der Waals surface area (Å²) in [6.45, 7) is 3.30. The number of urea groups is 1. The van der Waals surface area contributed by atoms with Gasteiger partial charge in [0.2, 0.25) is 0 Å². The first-order valence-electron chi connectivity index (χ1n) is 11.2. The molecule has 2 aromatic carbocycles. The minimum Gasteiger partial charge on any atom is -0.497 e. The molecular weight excluding hydrogens is 402 g/mol. The van der Waals surface area contributed by atoms with Gasteiger partial charge in [-0.2, -0.15) is 5.10 Å². The second kappa shape index (κ2) is 10.8. The zero-order chi connectivity index (χ0) is 22.2. The molecule has 0 spiro atoms. The third kappa shape index (κ3) is 5.68. The molecule has 1 aliphatic rings. The maximum absolute atomic E-state index is 12.4. The van der Waals surface area contributed by atoms with Crippen LogP contribution in [0.1, 0.15) is 30.0 Å². The normalized spacial score (nSPS) is 14.8. The largest absolute Gasteiger partial charge is 0.497 e. The summed E-state index contributed by atoms with van der Waals surface area (Å²) in [6, 6.07) is 18.3. The summed E-state index contributed by atoms with van der Waals surface area (Å²) in [7, 11) is 1.67. The Morgan fingerprint density at radius 3 is 2.47 bits per heavy atom. The Hall–Kier alpha value is -3.32. The van der Waals surface area contributed by atoms with E-state index in [1.54, 1.807) is 13.3 Å². The van der Waals surface area contributed by atoms with E-state index in [1.165, 1.54) is 24.0 Å². The third-order valence-corrected chi connectivity index (χ3v) is 5.94. The van der Waals surface area contributed by atoms with Crippen LogP contribution in [0.25, 0.3) is 5.69 Å². The fraction of sp³-hybridized carbons (Fsp3) is 0.360. The lowest BCUT2D eigenvalue weighted by Crippen LogP contribution is -2.42. The van der Waals surface area contributed by atoms with Crippen LogP contribution in [0.15, 0.2) is 67.0 Å². The fourth-order valence-corrected chi connectivity index (χ4v) is 4.15. The van der Waals surface area contributed by atoms with Crippen molar-refractivity contribution in [2.45, 2.75) is 25.3 Å². The van der Waals surface area contributed by atoms with Crippen LogP contribution >= 0.6 is 0 Å². The van der Waals surface area contributed by atoms with Gasteiger partial charge < -0.3 is 15.4 Å². The average Bonchev–Trinajstić information content (AvgIpc) is 3.55. The molecule has 1 atom stereocenters. The highest BCUT2D eigenvalue weighted by Crippen LogP contribution is 2.26. The van der Waals surface area contributed by atoms with E-state index >= 15 is 0 Å². The van der Waals surface area contributed by atoms with Crippen LogP contribution in [0, 0.1) is 0 Å². The molecule has 0 aliphatic carbocycles. The summed E-state index contributed by atoms with van der Waals surface area (Å²) in [5.41, 5.74) is 3.40. The Morgan fingerprint density at radius 2 is 1.81 bits per heavy atom. The van der Waals surface area contributed by atoms with E-state index < -0.39 is 0 Å². The van der Waals surface area contributed by atoms with E-state index in [4.69, 9.17) is 4.74 Å². The molecule has 3 aromatic rings. The van der Waals surface area contributed by atoms with Crippen molar-refractivity contribution >= 4 is 6.03 Å². The van der Waals surface area contributed by atoms with Crippen molar-refractivity contribution in [3.8, 4) is 11.4 Å². The lowest BCUT2D eigenvalue weighted by atomic mass is 10.1. The average molecular weight is 434 g/mol. The van der Waals surface area contributed by atoms with Crippen LogP contribution in [-0.4, -0.2) is 54.0 Å². The molecule has 0 radical (unpaired) electrons. The highest BCUT2D eigenvalue weighted by atomic mass is 16.5. The van der Waals surface area contributed by atoms with Crippen molar-refractivity contribution in [2.24, 2.45) is 0 Å². The van der Waals surface area contributed by atoms with Gasteiger partial charge in [-0.1, -0.05) is 24.3 Å². The van der Waals surface area contributed by atoms with Gasteiger partial charge in [-0.05, 0) is 73.8 Å². The van der Waals surface area contributed by atoms with Gasteiger partial charge in [0.05, 0.1) is 18.8 Å². The SMILES string of the molecule is COc1ccc(C(CNC(=O)NCCc2ccc(-n3cccn3)cc2)N2CCCC2)cc1. The maximum Gasteiger partial charge on any atom is 0.314 e. The van der Waals surface area contributed by atoms with Gasteiger partial charge in [0, 0.05) is 25.5 Å². The Balaban J connectivity index is 1.25. The molecule has 0 saturated carbocycles. The molecule has 168 valence electrons. The number of nitrogens with zero attached hydrogens (tertiary/aromatic N) is 3. The number of carbonyl (C=O) groups is 1. The molecule has 1 aromatic heterocycles. The zero-order valence-corrected chi connectivity index (χ0v) is 18.5. The van der Waals surface area contributed by atoms with E-state index in [2.05, 4.69) is 44.9 Å². The molecular formula is C25H31N5O2. The van der Waals surface area contributed by atoms with Gasteiger partial charge >= 0.3 is 6.03 Å². The van der Waals surface area contributed by atoms with E-state index in [9.17, 15) is 4.79 Å². The van der Waals surface area contributed by atoms with Crippen LogP contribution < -0.4 is 15.4 Å². The molecule has 2 N–H and O–H groups in total. The quantitative estimate of drug-likeness (QED) is 0.541. The number of likely N-dealkylation sites (tertiary alicyclic amines) is 1.